The highest BCUT2D eigenvalue weighted by Crippen LogP contribution is 2.38. The number of anilines is 1. The molecule has 1 aromatic heterocycles. The van der Waals surface area contributed by atoms with Crippen LogP contribution in [0.5, 0.6) is 0 Å². The lowest BCUT2D eigenvalue weighted by Gasteiger charge is -2.08. The van der Waals surface area contributed by atoms with Crippen molar-refractivity contribution < 1.29 is 4.92 Å². The van der Waals surface area contributed by atoms with Crippen molar-refractivity contribution in [2.24, 2.45) is 0 Å². The second-order valence-electron chi connectivity index (χ2n) is 3.98. The minimum atomic E-state index is -0.364. The van der Waals surface area contributed by atoms with Crippen molar-refractivity contribution in [3.63, 3.8) is 0 Å². The average Bonchev–Trinajstić information content (AvgIpc) is 2.46. The first-order valence-corrected chi connectivity index (χ1v) is 6.99. The van der Waals surface area contributed by atoms with Crippen LogP contribution in [-0.2, 0) is 0 Å². The van der Waals surface area contributed by atoms with Gasteiger partial charge in [-0.25, -0.2) is 4.98 Å². The summed E-state index contributed by atoms with van der Waals surface area (Å²) in [4.78, 5) is 19.6. The standard InChI is InChI=1S/C13H14N4O2S/c1-2-6-15-10-4-3-5-11(13(10)17(18)19)20-12-9-14-7-8-16-12/h3-5,7-9,15H,2,6H2,1H3. The third kappa shape index (κ3) is 3.45. The molecule has 0 aliphatic rings. The minimum absolute atomic E-state index is 0.0802. The molecular weight excluding hydrogens is 276 g/mol. The number of benzene rings is 1. The molecule has 2 aromatic rings. The lowest BCUT2D eigenvalue weighted by Crippen LogP contribution is -2.04. The van der Waals surface area contributed by atoms with E-state index in [4.69, 9.17) is 0 Å². The largest absolute Gasteiger partial charge is 0.379 e. The highest BCUT2D eigenvalue weighted by molar-refractivity contribution is 7.99. The molecular formula is C13H14N4O2S. The Kier molecular flexibility index (Phi) is 4.89. The van der Waals surface area contributed by atoms with Gasteiger partial charge in [-0.1, -0.05) is 24.8 Å². The van der Waals surface area contributed by atoms with Gasteiger partial charge in [0, 0.05) is 18.9 Å². The Bertz CT molecular complexity index is 592. The van der Waals surface area contributed by atoms with E-state index in [0.29, 0.717) is 22.2 Å². The molecule has 0 amide bonds. The van der Waals surface area contributed by atoms with Crippen molar-refractivity contribution >= 4 is 23.1 Å². The molecule has 0 aliphatic carbocycles. The molecule has 20 heavy (non-hydrogen) atoms. The van der Waals surface area contributed by atoms with Crippen LogP contribution in [0.3, 0.4) is 0 Å². The second-order valence-corrected chi connectivity index (χ2v) is 5.04. The van der Waals surface area contributed by atoms with Gasteiger partial charge in [-0.2, -0.15) is 0 Å². The number of nitro benzene ring substituents is 1. The van der Waals surface area contributed by atoms with Gasteiger partial charge in [0.05, 0.1) is 16.0 Å². The summed E-state index contributed by atoms with van der Waals surface area (Å²) in [7, 11) is 0. The summed E-state index contributed by atoms with van der Waals surface area (Å²) >= 11 is 1.23. The zero-order chi connectivity index (χ0) is 14.4. The second kappa shape index (κ2) is 6.85. The van der Waals surface area contributed by atoms with E-state index in [1.54, 1.807) is 36.8 Å². The van der Waals surface area contributed by atoms with Gasteiger partial charge in [-0.05, 0) is 18.6 Å². The van der Waals surface area contributed by atoms with Crippen LogP contribution in [0.15, 0.2) is 46.7 Å². The lowest BCUT2D eigenvalue weighted by atomic mass is 10.2. The molecule has 0 radical (unpaired) electrons. The molecule has 0 unspecified atom stereocenters. The molecule has 7 heteroatoms. The van der Waals surface area contributed by atoms with Crippen LogP contribution in [0.25, 0.3) is 0 Å². The van der Waals surface area contributed by atoms with Gasteiger partial charge in [0.25, 0.3) is 0 Å². The molecule has 104 valence electrons. The Morgan fingerprint density at radius 3 is 2.90 bits per heavy atom. The fraction of sp³-hybridized carbons (Fsp3) is 0.231. The summed E-state index contributed by atoms with van der Waals surface area (Å²) in [5, 5.41) is 15.0. The molecule has 0 fully saturated rings. The van der Waals surface area contributed by atoms with Crippen LogP contribution in [0.1, 0.15) is 13.3 Å². The molecule has 6 nitrogen and oxygen atoms in total. The highest BCUT2D eigenvalue weighted by Gasteiger charge is 2.20. The van der Waals surface area contributed by atoms with Crippen LogP contribution in [-0.4, -0.2) is 21.4 Å². The monoisotopic (exact) mass is 290 g/mol. The SMILES string of the molecule is CCCNc1cccc(Sc2cnccn2)c1[N+](=O)[O-]. The predicted octanol–water partition coefficient (Wildman–Crippen LogP) is 3.36. The van der Waals surface area contributed by atoms with Crippen LogP contribution in [0.2, 0.25) is 0 Å². The molecule has 0 atom stereocenters. The molecule has 2 rings (SSSR count). The van der Waals surface area contributed by atoms with E-state index in [1.807, 2.05) is 6.92 Å². The summed E-state index contributed by atoms with van der Waals surface area (Å²) in [5.41, 5.74) is 0.613. The normalized spacial score (nSPS) is 10.2. The highest BCUT2D eigenvalue weighted by atomic mass is 32.2. The maximum atomic E-state index is 11.3. The molecule has 0 saturated heterocycles. The van der Waals surface area contributed by atoms with Crippen molar-refractivity contribution in [1.29, 1.82) is 0 Å². The van der Waals surface area contributed by atoms with Crippen LogP contribution in [0.4, 0.5) is 11.4 Å². The maximum absolute atomic E-state index is 11.3. The number of hydrogen-bond donors (Lipinski definition) is 1. The van der Waals surface area contributed by atoms with Gasteiger partial charge in [-0.15, -0.1) is 0 Å². The smallest absolute Gasteiger partial charge is 0.306 e. The number of hydrogen-bond acceptors (Lipinski definition) is 6. The third-order valence-electron chi connectivity index (χ3n) is 2.50. The van der Waals surface area contributed by atoms with Crippen molar-refractivity contribution in [2.45, 2.75) is 23.3 Å². The number of nitro groups is 1. The van der Waals surface area contributed by atoms with Gasteiger partial charge < -0.3 is 5.32 Å². The van der Waals surface area contributed by atoms with Crippen LogP contribution in [0, 0.1) is 10.1 Å². The number of nitrogens with one attached hydrogen (secondary N) is 1. The Hall–Kier alpha value is -2.15. The van der Waals surface area contributed by atoms with E-state index in [-0.39, 0.29) is 10.6 Å². The van der Waals surface area contributed by atoms with E-state index in [0.717, 1.165) is 6.42 Å². The molecule has 1 heterocycles. The summed E-state index contributed by atoms with van der Waals surface area (Å²) in [6, 6.07) is 5.23. The van der Waals surface area contributed by atoms with E-state index < -0.39 is 0 Å². The van der Waals surface area contributed by atoms with Crippen molar-refractivity contribution in [3.05, 3.63) is 46.9 Å². The van der Waals surface area contributed by atoms with E-state index >= 15 is 0 Å². The summed E-state index contributed by atoms with van der Waals surface area (Å²) in [6.07, 6.45) is 5.62. The first-order chi connectivity index (χ1) is 9.72. The van der Waals surface area contributed by atoms with Gasteiger partial charge in [0.1, 0.15) is 10.7 Å². The van der Waals surface area contributed by atoms with E-state index in [1.165, 1.54) is 11.8 Å². The van der Waals surface area contributed by atoms with Gasteiger partial charge in [0.2, 0.25) is 0 Å². The van der Waals surface area contributed by atoms with Gasteiger partial charge >= 0.3 is 5.69 Å². The molecule has 0 spiro atoms. The Labute approximate surface area is 120 Å². The quantitative estimate of drug-likeness (QED) is 0.649. The Balaban J connectivity index is 2.34. The van der Waals surface area contributed by atoms with Crippen molar-refractivity contribution in [2.75, 3.05) is 11.9 Å². The Morgan fingerprint density at radius 2 is 2.25 bits per heavy atom. The lowest BCUT2D eigenvalue weighted by molar-refractivity contribution is -0.386. The summed E-state index contributed by atoms with van der Waals surface area (Å²) < 4.78 is 0. The van der Waals surface area contributed by atoms with Crippen molar-refractivity contribution in [1.82, 2.24) is 9.97 Å². The van der Waals surface area contributed by atoms with Crippen LogP contribution >= 0.6 is 11.8 Å². The summed E-state index contributed by atoms with van der Waals surface area (Å²) in [6.45, 7) is 2.71. The number of para-hydroxylation sites is 1. The van der Waals surface area contributed by atoms with Gasteiger partial charge in [0.15, 0.2) is 0 Å². The minimum Gasteiger partial charge on any atom is -0.379 e. The van der Waals surface area contributed by atoms with E-state index in [2.05, 4.69) is 15.3 Å². The zero-order valence-corrected chi connectivity index (χ0v) is 11.8. The van der Waals surface area contributed by atoms with Gasteiger partial charge in [-0.3, -0.25) is 15.1 Å². The molecule has 0 saturated carbocycles. The zero-order valence-electron chi connectivity index (χ0n) is 10.9. The summed E-state index contributed by atoms with van der Waals surface area (Å²) in [5.74, 6) is 0. The predicted molar refractivity (Wildman–Crippen MR) is 78.0 cm³/mol. The third-order valence-corrected chi connectivity index (χ3v) is 3.47. The molecule has 0 bridgehead atoms. The van der Waals surface area contributed by atoms with Crippen LogP contribution < -0.4 is 5.32 Å². The van der Waals surface area contributed by atoms with Crippen molar-refractivity contribution in [3.8, 4) is 0 Å². The first-order valence-electron chi connectivity index (χ1n) is 6.17. The topological polar surface area (TPSA) is 81.0 Å². The molecule has 1 aromatic carbocycles. The maximum Gasteiger partial charge on any atom is 0.306 e. The fourth-order valence-corrected chi connectivity index (χ4v) is 2.53. The van der Waals surface area contributed by atoms with E-state index in [9.17, 15) is 10.1 Å². The Morgan fingerprint density at radius 1 is 1.40 bits per heavy atom. The average molecular weight is 290 g/mol. The first kappa shape index (κ1) is 14.3. The molecule has 0 aliphatic heterocycles. The number of aromatic nitrogens is 2. The number of nitrogens with zero attached hydrogens (tertiary/aromatic N) is 3. The number of rotatable bonds is 6. The fourth-order valence-electron chi connectivity index (χ4n) is 1.65. The molecule has 1 N–H and O–H groups in total.